The molecule has 0 aliphatic heterocycles. The molecule has 1 amide bonds. The summed E-state index contributed by atoms with van der Waals surface area (Å²) in [4.78, 5) is 10.9. The first-order chi connectivity index (χ1) is 5.68. The van der Waals surface area contributed by atoms with Gasteiger partial charge < -0.3 is 16.8 Å². The molecule has 0 fully saturated rings. The van der Waals surface area contributed by atoms with Crippen molar-refractivity contribution in [2.75, 3.05) is 13.1 Å². The Morgan fingerprint density at radius 3 is 2.29 bits per heavy atom. The lowest BCUT2D eigenvalue weighted by Crippen LogP contribution is -2.38. The average Bonchev–Trinajstić information content (AvgIpc) is 2.03. The minimum atomic E-state index is -0.403. The highest BCUT2D eigenvalue weighted by Gasteiger charge is 2.04. The summed E-state index contributed by atoms with van der Waals surface area (Å²) in [7, 11) is 0. The SMILES string of the molecule is C[C@H](N)C(=O)NCCCCCN.Cl.Cl. The van der Waals surface area contributed by atoms with E-state index in [1.54, 1.807) is 6.92 Å². The zero-order valence-electron chi connectivity index (χ0n) is 8.49. The average molecular weight is 246 g/mol. The smallest absolute Gasteiger partial charge is 0.236 e. The normalized spacial score (nSPS) is 10.8. The number of nitrogens with two attached hydrogens (primary N) is 2. The highest BCUT2D eigenvalue weighted by atomic mass is 35.5. The molecule has 0 bridgehead atoms. The van der Waals surface area contributed by atoms with Crippen LogP contribution in [0.15, 0.2) is 0 Å². The minimum absolute atomic E-state index is 0. The van der Waals surface area contributed by atoms with Gasteiger partial charge in [0.2, 0.25) is 5.91 Å². The molecule has 0 aromatic heterocycles. The van der Waals surface area contributed by atoms with E-state index in [4.69, 9.17) is 11.5 Å². The van der Waals surface area contributed by atoms with Crippen LogP contribution in [0.4, 0.5) is 0 Å². The summed E-state index contributed by atoms with van der Waals surface area (Å²) in [5, 5.41) is 2.74. The Morgan fingerprint density at radius 2 is 1.86 bits per heavy atom. The second kappa shape index (κ2) is 13.0. The highest BCUT2D eigenvalue weighted by molar-refractivity contribution is 5.85. The van der Waals surface area contributed by atoms with Crippen molar-refractivity contribution < 1.29 is 4.79 Å². The van der Waals surface area contributed by atoms with Crippen LogP contribution in [-0.4, -0.2) is 25.0 Å². The summed E-state index contributed by atoms with van der Waals surface area (Å²) in [6.07, 6.45) is 3.07. The molecule has 0 radical (unpaired) electrons. The Labute approximate surface area is 98.0 Å². The second-order valence-corrected chi connectivity index (χ2v) is 2.93. The maximum Gasteiger partial charge on any atom is 0.236 e. The number of carbonyl (C=O) groups excluding carboxylic acids is 1. The molecular weight excluding hydrogens is 225 g/mol. The van der Waals surface area contributed by atoms with E-state index in [2.05, 4.69) is 5.32 Å². The molecular formula is C8H21Cl2N3O. The maximum atomic E-state index is 10.9. The Balaban J connectivity index is -0.000000605. The molecule has 0 saturated heterocycles. The number of unbranched alkanes of at least 4 members (excludes halogenated alkanes) is 2. The van der Waals surface area contributed by atoms with Crippen molar-refractivity contribution in [1.82, 2.24) is 5.32 Å². The first kappa shape index (κ1) is 19.5. The van der Waals surface area contributed by atoms with Crippen molar-refractivity contribution in [1.29, 1.82) is 0 Å². The molecule has 0 aromatic rings. The summed E-state index contributed by atoms with van der Waals surface area (Å²) >= 11 is 0. The standard InChI is InChI=1S/C8H19N3O.2ClH/c1-7(10)8(12)11-6-4-2-3-5-9;;/h7H,2-6,9-10H2,1H3,(H,11,12);2*1H/t7-;;/m0../s1. The first-order valence-electron chi connectivity index (χ1n) is 4.42. The van der Waals surface area contributed by atoms with Crippen molar-refractivity contribution in [2.24, 2.45) is 11.5 Å². The Bertz CT molecular complexity index is 134. The summed E-state index contributed by atoms with van der Waals surface area (Å²) in [6, 6.07) is -0.403. The van der Waals surface area contributed by atoms with E-state index in [0.29, 0.717) is 6.54 Å². The van der Waals surface area contributed by atoms with Gasteiger partial charge >= 0.3 is 0 Å². The molecule has 4 nitrogen and oxygen atoms in total. The van der Waals surface area contributed by atoms with E-state index >= 15 is 0 Å². The summed E-state index contributed by atoms with van der Waals surface area (Å²) in [5.41, 5.74) is 10.7. The second-order valence-electron chi connectivity index (χ2n) is 2.93. The lowest BCUT2D eigenvalue weighted by molar-refractivity contribution is -0.121. The largest absolute Gasteiger partial charge is 0.355 e. The zero-order chi connectivity index (χ0) is 9.40. The third-order valence-corrected chi connectivity index (χ3v) is 1.59. The monoisotopic (exact) mass is 245 g/mol. The van der Waals surface area contributed by atoms with Crippen molar-refractivity contribution in [3.8, 4) is 0 Å². The Kier molecular flexibility index (Phi) is 18.1. The maximum absolute atomic E-state index is 10.9. The molecule has 0 aliphatic rings. The Morgan fingerprint density at radius 1 is 1.29 bits per heavy atom. The number of rotatable bonds is 6. The van der Waals surface area contributed by atoms with Crippen LogP contribution in [0.5, 0.6) is 0 Å². The van der Waals surface area contributed by atoms with Crippen molar-refractivity contribution >= 4 is 30.7 Å². The van der Waals surface area contributed by atoms with Gasteiger partial charge in [0.15, 0.2) is 0 Å². The van der Waals surface area contributed by atoms with Crippen LogP contribution in [0.3, 0.4) is 0 Å². The fourth-order valence-corrected chi connectivity index (χ4v) is 0.819. The number of halogens is 2. The Hall–Kier alpha value is -0.0300. The van der Waals surface area contributed by atoms with Gasteiger partial charge in [0.25, 0.3) is 0 Å². The fourth-order valence-electron chi connectivity index (χ4n) is 0.819. The fraction of sp³-hybridized carbons (Fsp3) is 0.875. The number of hydrogen-bond acceptors (Lipinski definition) is 3. The van der Waals surface area contributed by atoms with Gasteiger partial charge in [0.1, 0.15) is 0 Å². The van der Waals surface area contributed by atoms with Crippen LogP contribution in [0.2, 0.25) is 0 Å². The van der Waals surface area contributed by atoms with Crippen LogP contribution in [0.1, 0.15) is 26.2 Å². The van der Waals surface area contributed by atoms with Gasteiger partial charge in [-0.1, -0.05) is 6.42 Å². The first-order valence-corrected chi connectivity index (χ1v) is 4.42. The van der Waals surface area contributed by atoms with Crippen molar-refractivity contribution in [3.63, 3.8) is 0 Å². The number of hydrogen-bond donors (Lipinski definition) is 3. The lowest BCUT2D eigenvalue weighted by Gasteiger charge is -2.06. The molecule has 6 heteroatoms. The zero-order valence-corrected chi connectivity index (χ0v) is 10.1. The number of nitrogens with one attached hydrogen (secondary N) is 1. The molecule has 0 saturated carbocycles. The van der Waals surface area contributed by atoms with E-state index in [1.807, 2.05) is 0 Å². The molecule has 0 aromatic carbocycles. The quantitative estimate of drug-likeness (QED) is 0.594. The third kappa shape index (κ3) is 12.0. The summed E-state index contributed by atoms with van der Waals surface area (Å²) < 4.78 is 0. The number of carbonyl (C=O) groups is 1. The van der Waals surface area contributed by atoms with Crippen LogP contribution >= 0.6 is 24.8 Å². The predicted octanol–water partition coefficient (Wildman–Crippen LogP) is 0.422. The van der Waals surface area contributed by atoms with Gasteiger partial charge in [0, 0.05) is 6.54 Å². The van der Waals surface area contributed by atoms with Crippen molar-refractivity contribution in [2.45, 2.75) is 32.2 Å². The van der Waals surface area contributed by atoms with Gasteiger partial charge in [-0.15, -0.1) is 24.8 Å². The molecule has 0 unspecified atom stereocenters. The molecule has 5 N–H and O–H groups in total. The van der Waals surface area contributed by atoms with Crippen LogP contribution in [0, 0.1) is 0 Å². The van der Waals surface area contributed by atoms with E-state index in [-0.39, 0.29) is 30.7 Å². The van der Waals surface area contributed by atoms with Crippen LogP contribution in [-0.2, 0) is 4.79 Å². The van der Waals surface area contributed by atoms with Gasteiger partial charge in [-0.25, -0.2) is 0 Å². The molecule has 0 aliphatic carbocycles. The van der Waals surface area contributed by atoms with Gasteiger partial charge in [-0.05, 0) is 26.3 Å². The molecule has 1 atom stereocenters. The van der Waals surface area contributed by atoms with E-state index < -0.39 is 6.04 Å². The topological polar surface area (TPSA) is 81.1 Å². The minimum Gasteiger partial charge on any atom is -0.355 e. The van der Waals surface area contributed by atoms with Crippen molar-refractivity contribution in [3.05, 3.63) is 0 Å². The molecule has 0 heterocycles. The van der Waals surface area contributed by atoms with Crippen LogP contribution < -0.4 is 16.8 Å². The van der Waals surface area contributed by atoms with Gasteiger partial charge in [0.05, 0.1) is 6.04 Å². The summed E-state index contributed by atoms with van der Waals surface area (Å²) in [5.74, 6) is -0.0808. The van der Waals surface area contributed by atoms with E-state index in [1.165, 1.54) is 0 Å². The third-order valence-electron chi connectivity index (χ3n) is 1.59. The van der Waals surface area contributed by atoms with Crippen LogP contribution in [0.25, 0.3) is 0 Å². The molecule has 88 valence electrons. The highest BCUT2D eigenvalue weighted by Crippen LogP contribution is 1.90. The molecule has 0 spiro atoms. The lowest BCUT2D eigenvalue weighted by atomic mass is 10.2. The number of amides is 1. The van der Waals surface area contributed by atoms with E-state index in [9.17, 15) is 4.79 Å². The summed E-state index contributed by atoms with van der Waals surface area (Å²) in [6.45, 7) is 3.11. The van der Waals surface area contributed by atoms with E-state index in [0.717, 1.165) is 25.8 Å². The predicted molar refractivity (Wildman–Crippen MR) is 64.1 cm³/mol. The molecule has 0 rings (SSSR count). The van der Waals surface area contributed by atoms with Gasteiger partial charge in [-0.3, -0.25) is 4.79 Å². The molecule has 14 heavy (non-hydrogen) atoms. The van der Waals surface area contributed by atoms with Gasteiger partial charge in [-0.2, -0.15) is 0 Å².